The number of amides is 1. The number of carboxylic acid groups (broad SMARTS) is 1. The molecule has 2 rings (SSSR count). The summed E-state index contributed by atoms with van der Waals surface area (Å²) in [6, 6.07) is 5.41. The highest BCUT2D eigenvalue weighted by Crippen LogP contribution is 2.27. The Bertz CT molecular complexity index is 492. The van der Waals surface area contributed by atoms with E-state index in [-0.39, 0.29) is 18.1 Å². The molecule has 1 saturated carbocycles. The molecular formula is C16H21NO4. The molecule has 0 saturated heterocycles. The minimum Gasteiger partial charge on any atom is -0.508 e. The van der Waals surface area contributed by atoms with Crippen LogP contribution >= 0.6 is 0 Å². The fourth-order valence-electron chi connectivity index (χ4n) is 2.80. The summed E-state index contributed by atoms with van der Waals surface area (Å²) >= 11 is 0. The lowest BCUT2D eigenvalue weighted by Gasteiger charge is -2.16. The molecule has 5 nitrogen and oxygen atoms in total. The predicted molar refractivity (Wildman–Crippen MR) is 78.0 cm³/mol. The molecule has 1 amide bonds. The molecule has 1 aliphatic rings. The summed E-state index contributed by atoms with van der Waals surface area (Å²) in [4.78, 5) is 23.2. The number of hydrogen-bond acceptors (Lipinski definition) is 3. The zero-order chi connectivity index (χ0) is 15.2. The fraction of sp³-hybridized carbons (Fsp3) is 0.500. The molecule has 1 fully saturated rings. The Hall–Kier alpha value is -2.04. The van der Waals surface area contributed by atoms with Crippen LogP contribution in [-0.4, -0.2) is 28.1 Å². The predicted octanol–water partition coefficient (Wildman–Crippen LogP) is 2.08. The molecule has 5 heteroatoms. The van der Waals surface area contributed by atoms with Crippen LogP contribution in [0.1, 0.15) is 37.7 Å². The first-order chi connectivity index (χ1) is 10.0. The zero-order valence-electron chi connectivity index (χ0n) is 11.9. The van der Waals surface area contributed by atoms with Gasteiger partial charge in [0, 0.05) is 12.8 Å². The van der Waals surface area contributed by atoms with Crippen LogP contribution in [0.3, 0.4) is 0 Å². The van der Waals surface area contributed by atoms with E-state index >= 15 is 0 Å². The van der Waals surface area contributed by atoms with E-state index in [2.05, 4.69) is 5.32 Å². The summed E-state index contributed by atoms with van der Waals surface area (Å²) in [7, 11) is 0. The van der Waals surface area contributed by atoms with Gasteiger partial charge in [0.05, 0.1) is 0 Å². The summed E-state index contributed by atoms with van der Waals surface area (Å²) < 4.78 is 0. The molecule has 21 heavy (non-hydrogen) atoms. The van der Waals surface area contributed by atoms with Crippen molar-refractivity contribution in [3.05, 3.63) is 29.8 Å². The van der Waals surface area contributed by atoms with Gasteiger partial charge in [0.2, 0.25) is 5.91 Å². The standard InChI is InChI=1S/C16H21NO4/c18-13-7-5-12(6-8-13)9-14(16(20)21)17-15(19)10-11-3-1-2-4-11/h5-8,11,14,18H,1-4,9-10H2,(H,17,19)(H,20,21). The number of benzene rings is 1. The van der Waals surface area contributed by atoms with E-state index < -0.39 is 12.0 Å². The number of aromatic hydroxyl groups is 1. The lowest BCUT2D eigenvalue weighted by atomic mass is 10.0. The van der Waals surface area contributed by atoms with Crippen LogP contribution in [-0.2, 0) is 16.0 Å². The van der Waals surface area contributed by atoms with Crippen molar-refractivity contribution in [1.82, 2.24) is 5.32 Å². The Morgan fingerprint density at radius 2 is 1.81 bits per heavy atom. The maximum atomic E-state index is 11.9. The number of aliphatic carboxylic acids is 1. The molecule has 1 aromatic rings. The first-order valence-electron chi connectivity index (χ1n) is 7.34. The summed E-state index contributed by atoms with van der Waals surface area (Å²) in [5, 5.41) is 21.1. The van der Waals surface area contributed by atoms with Gasteiger partial charge >= 0.3 is 5.97 Å². The van der Waals surface area contributed by atoms with E-state index in [9.17, 15) is 19.8 Å². The third kappa shape index (κ3) is 4.77. The monoisotopic (exact) mass is 291 g/mol. The molecule has 0 heterocycles. The number of carbonyl (C=O) groups is 2. The third-order valence-electron chi connectivity index (χ3n) is 3.96. The van der Waals surface area contributed by atoms with Crippen molar-refractivity contribution < 1.29 is 19.8 Å². The van der Waals surface area contributed by atoms with E-state index in [1.165, 1.54) is 12.1 Å². The second-order valence-corrected chi connectivity index (χ2v) is 5.68. The highest BCUT2D eigenvalue weighted by Gasteiger charge is 2.23. The number of carbonyl (C=O) groups excluding carboxylic acids is 1. The van der Waals surface area contributed by atoms with Crippen LogP contribution in [0.15, 0.2) is 24.3 Å². The average Bonchev–Trinajstić information content (AvgIpc) is 2.93. The van der Waals surface area contributed by atoms with Crippen LogP contribution in [0, 0.1) is 5.92 Å². The molecule has 0 aliphatic heterocycles. The Kier molecular flexibility index (Phi) is 5.20. The maximum absolute atomic E-state index is 11.9. The average molecular weight is 291 g/mol. The Morgan fingerprint density at radius 3 is 2.38 bits per heavy atom. The van der Waals surface area contributed by atoms with Crippen molar-refractivity contribution in [2.45, 2.75) is 44.6 Å². The normalized spacial score (nSPS) is 16.6. The van der Waals surface area contributed by atoms with Crippen LogP contribution in [0.5, 0.6) is 5.75 Å². The molecule has 1 unspecified atom stereocenters. The lowest BCUT2D eigenvalue weighted by Crippen LogP contribution is -2.42. The third-order valence-corrected chi connectivity index (χ3v) is 3.96. The molecule has 1 aromatic carbocycles. The highest BCUT2D eigenvalue weighted by molar-refractivity contribution is 5.83. The zero-order valence-corrected chi connectivity index (χ0v) is 11.9. The number of carboxylic acids is 1. The second kappa shape index (κ2) is 7.11. The van der Waals surface area contributed by atoms with Crippen molar-refractivity contribution in [2.24, 2.45) is 5.92 Å². The molecule has 0 spiro atoms. The first kappa shape index (κ1) is 15.4. The van der Waals surface area contributed by atoms with Gasteiger partial charge in [-0.1, -0.05) is 25.0 Å². The van der Waals surface area contributed by atoms with Gasteiger partial charge in [0.25, 0.3) is 0 Å². The number of phenols is 1. The smallest absolute Gasteiger partial charge is 0.326 e. The van der Waals surface area contributed by atoms with Gasteiger partial charge < -0.3 is 15.5 Å². The van der Waals surface area contributed by atoms with Crippen LogP contribution < -0.4 is 5.32 Å². The summed E-state index contributed by atoms with van der Waals surface area (Å²) in [6.07, 6.45) is 5.07. The van der Waals surface area contributed by atoms with Gasteiger partial charge in [0.15, 0.2) is 0 Å². The molecule has 3 N–H and O–H groups in total. The maximum Gasteiger partial charge on any atom is 0.326 e. The van der Waals surface area contributed by atoms with E-state index in [0.717, 1.165) is 31.2 Å². The van der Waals surface area contributed by atoms with Crippen molar-refractivity contribution in [3.63, 3.8) is 0 Å². The quantitative estimate of drug-likeness (QED) is 0.749. The van der Waals surface area contributed by atoms with Gasteiger partial charge in [-0.25, -0.2) is 4.79 Å². The first-order valence-corrected chi connectivity index (χ1v) is 7.34. The summed E-state index contributed by atoms with van der Waals surface area (Å²) in [5.74, 6) is -0.695. The van der Waals surface area contributed by atoms with Crippen LogP contribution in [0.25, 0.3) is 0 Å². The Labute approximate surface area is 124 Å². The van der Waals surface area contributed by atoms with Gasteiger partial charge in [-0.2, -0.15) is 0 Å². The van der Waals surface area contributed by atoms with E-state index in [1.807, 2.05) is 0 Å². The summed E-state index contributed by atoms with van der Waals surface area (Å²) in [5.41, 5.74) is 0.765. The molecule has 1 aliphatic carbocycles. The molecular weight excluding hydrogens is 270 g/mol. The van der Waals surface area contributed by atoms with E-state index in [0.29, 0.717) is 12.3 Å². The number of phenolic OH excluding ortho intramolecular Hbond substituents is 1. The molecule has 0 radical (unpaired) electrons. The van der Waals surface area contributed by atoms with E-state index in [4.69, 9.17) is 0 Å². The molecule has 0 bridgehead atoms. The largest absolute Gasteiger partial charge is 0.508 e. The van der Waals surface area contributed by atoms with Gasteiger partial charge in [-0.15, -0.1) is 0 Å². The van der Waals surface area contributed by atoms with Gasteiger partial charge in [-0.05, 0) is 36.5 Å². The minimum absolute atomic E-state index is 0.135. The van der Waals surface area contributed by atoms with Crippen molar-refractivity contribution in [1.29, 1.82) is 0 Å². The minimum atomic E-state index is -1.04. The molecule has 1 atom stereocenters. The van der Waals surface area contributed by atoms with Crippen LogP contribution in [0.4, 0.5) is 0 Å². The highest BCUT2D eigenvalue weighted by atomic mass is 16.4. The van der Waals surface area contributed by atoms with Gasteiger partial charge in [0.1, 0.15) is 11.8 Å². The SMILES string of the molecule is O=C(CC1CCCC1)NC(Cc1ccc(O)cc1)C(=O)O. The number of nitrogens with one attached hydrogen (secondary N) is 1. The Morgan fingerprint density at radius 1 is 1.19 bits per heavy atom. The Balaban J connectivity index is 1.90. The number of hydrogen-bond donors (Lipinski definition) is 3. The molecule has 114 valence electrons. The second-order valence-electron chi connectivity index (χ2n) is 5.68. The van der Waals surface area contributed by atoms with Gasteiger partial charge in [-0.3, -0.25) is 4.79 Å². The fourth-order valence-corrected chi connectivity index (χ4v) is 2.80. The molecule has 0 aromatic heterocycles. The van der Waals surface area contributed by atoms with Crippen molar-refractivity contribution >= 4 is 11.9 Å². The lowest BCUT2D eigenvalue weighted by molar-refractivity contribution is -0.141. The summed E-state index contributed by atoms with van der Waals surface area (Å²) in [6.45, 7) is 0. The van der Waals surface area contributed by atoms with Crippen LogP contribution in [0.2, 0.25) is 0 Å². The van der Waals surface area contributed by atoms with Crippen molar-refractivity contribution in [2.75, 3.05) is 0 Å². The van der Waals surface area contributed by atoms with E-state index in [1.54, 1.807) is 12.1 Å². The number of rotatable bonds is 6. The van der Waals surface area contributed by atoms with Crippen molar-refractivity contribution in [3.8, 4) is 5.75 Å². The topological polar surface area (TPSA) is 86.6 Å².